The Hall–Kier alpha value is -2.35. The van der Waals surface area contributed by atoms with Crippen LogP contribution in [0.25, 0.3) is 0 Å². The van der Waals surface area contributed by atoms with Crippen molar-refractivity contribution in [1.29, 1.82) is 5.26 Å². The first-order chi connectivity index (χ1) is 7.81. The summed E-state index contributed by atoms with van der Waals surface area (Å²) >= 11 is 0. The van der Waals surface area contributed by atoms with Gasteiger partial charge in [-0.2, -0.15) is 10.4 Å². The summed E-state index contributed by atoms with van der Waals surface area (Å²) in [6, 6.07) is 5.24. The Morgan fingerprint density at radius 2 is 2.38 bits per heavy atom. The van der Waals surface area contributed by atoms with Gasteiger partial charge in [0.25, 0.3) is 0 Å². The Morgan fingerprint density at radius 3 is 3.06 bits per heavy atom. The summed E-state index contributed by atoms with van der Waals surface area (Å²) in [6.45, 7) is 2.79. The Bertz CT molecular complexity index is 527. The normalized spacial score (nSPS) is 9.75. The lowest BCUT2D eigenvalue weighted by molar-refractivity contribution is 0.480. The molecule has 0 aliphatic rings. The van der Waals surface area contributed by atoms with Gasteiger partial charge < -0.3 is 4.74 Å². The average molecular weight is 214 g/mol. The Kier molecular flexibility index (Phi) is 2.83. The van der Waals surface area contributed by atoms with Crippen molar-refractivity contribution in [2.24, 2.45) is 0 Å². The van der Waals surface area contributed by atoms with E-state index in [0.717, 1.165) is 6.54 Å². The molecule has 0 aliphatic heterocycles. The Balaban J connectivity index is 2.17. The van der Waals surface area contributed by atoms with Crippen LogP contribution in [0.3, 0.4) is 0 Å². The SMILES string of the molecule is CCn1cc(Oc2ccnc(C#N)c2)cn1. The molecule has 2 aromatic heterocycles. The first kappa shape index (κ1) is 10.2. The third-order valence-electron chi connectivity index (χ3n) is 2.02. The molecular formula is C11H10N4O. The van der Waals surface area contributed by atoms with E-state index in [9.17, 15) is 0 Å². The van der Waals surface area contributed by atoms with Crippen molar-refractivity contribution in [2.75, 3.05) is 0 Å². The van der Waals surface area contributed by atoms with E-state index >= 15 is 0 Å². The number of nitriles is 1. The Labute approximate surface area is 92.9 Å². The monoisotopic (exact) mass is 214 g/mol. The molecular weight excluding hydrogens is 204 g/mol. The second-order valence-electron chi connectivity index (χ2n) is 3.12. The van der Waals surface area contributed by atoms with Crippen LogP contribution in [0.4, 0.5) is 0 Å². The molecule has 0 saturated carbocycles. The number of ether oxygens (including phenoxy) is 1. The fraction of sp³-hybridized carbons (Fsp3) is 0.182. The summed E-state index contributed by atoms with van der Waals surface area (Å²) in [5.74, 6) is 1.24. The van der Waals surface area contributed by atoms with E-state index in [-0.39, 0.29) is 0 Å². The number of hydrogen-bond acceptors (Lipinski definition) is 4. The number of pyridine rings is 1. The van der Waals surface area contributed by atoms with Gasteiger partial charge in [-0.25, -0.2) is 4.98 Å². The molecule has 5 heteroatoms. The molecule has 2 heterocycles. The van der Waals surface area contributed by atoms with Crippen molar-refractivity contribution >= 4 is 0 Å². The highest BCUT2D eigenvalue weighted by Crippen LogP contribution is 2.20. The van der Waals surface area contributed by atoms with Crippen LogP contribution >= 0.6 is 0 Å². The highest BCUT2D eigenvalue weighted by molar-refractivity contribution is 5.32. The van der Waals surface area contributed by atoms with Gasteiger partial charge in [0, 0.05) is 18.8 Å². The molecule has 0 unspecified atom stereocenters. The maximum atomic E-state index is 8.69. The van der Waals surface area contributed by atoms with Crippen molar-refractivity contribution in [3.05, 3.63) is 36.4 Å². The van der Waals surface area contributed by atoms with Crippen LogP contribution in [-0.2, 0) is 6.54 Å². The summed E-state index contributed by atoms with van der Waals surface area (Å²) in [5, 5.41) is 12.8. The van der Waals surface area contributed by atoms with Crippen LogP contribution in [0.5, 0.6) is 11.5 Å². The summed E-state index contributed by atoms with van der Waals surface area (Å²) in [6.07, 6.45) is 4.97. The number of aromatic nitrogens is 3. The van der Waals surface area contributed by atoms with Crippen molar-refractivity contribution < 1.29 is 4.74 Å². The minimum absolute atomic E-state index is 0.334. The molecule has 0 amide bonds. The topological polar surface area (TPSA) is 63.7 Å². The van der Waals surface area contributed by atoms with Gasteiger partial charge in [0.05, 0.1) is 12.4 Å². The van der Waals surface area contributed by atoms with Gasteiger partial charge in [0.2, 0.25) is 0 Å². The van der Waals surface area contributed by atoms with E-state index in [1.165, 1.54) is 6.20 Å². The van der Waals surface area contributed by atoms with Crippen LogP contribution in [0.15, 0.2) is 30.7 Å². The minimum Gasteiger partial charge on any atom is -0.454 e. The zero-order chi connectivity index (χ0) is 11.4. The molecule has 0 N–H and O–H groups in total. The third kappa shape index (κ3) is 2.17. The lowest BCUT2D eigenvalue weighted by Gasteiger charge is -2.01. The van der Waals surface area contributed by atoms with Crippen molar-refractivity contribution in [1.82, 2.24) is 14.8 Å². The molecule has 0 saturated heterocycles. The number of aryl methyl sites for hydroxylation is 1. The van der Waals surface area contributed by atoms with Gasteiger partial charge >= 0.3 is 0 Å². The summed E-state index contributed by atoms with van der Waals surface area (Å²) in [7, 11) is 0. The Morgan fingerprint density at radius 1 is 1.50 bits per heavy atom. The molecule has 80 valence electrons. The van der Waals surface area contributed by atoms with Crippen molar-refractivity contribution in [3.63, 3.8) is 0 Å². The molecule has 5 nitrogen and oxygen atoms in total. The predicted molar refractivity (Wildman–Crippen MR) is 56.9 cm³/mol. The molecule has 2 rings (SSSR count). The number of nitrogens with zero attached hydrogens (tertiary/aromatic N) is 4. The average Bonchev–Trinajstić information content (AvgIpc) is 2.77. The van der Waals surface area contributed by atoms with Gasteiger partial charge in [-0.3, -0.25) is 4.68 Å². The molecule has 16 heavy (non-hydrogen) atoms. The van der Waals surface area contributed by atoms with Crippen molar-refractivity contribution in [2.45, 2.75) is 13.5 Å². The molecule has 0 fully saturated rings. The van der Waals surface area contributed by atoms with Crippen LogP contribution in [0.1, 0.15) is 12.6 Å². The molecule has 0 spiro atoms. The van der Waals surface area contributed by atoms with E-state index in [2.05, 4.69) is 10.1 Å². The second-order valence-corrected chi connectivity index (χ2v) is 3.12. The minimum atomic E-state index is 0.334. The van der Waals surface area contributed by atoms with E-state index < -0.39 is 0 Å². The highest BCUT2D eigenvalue weighted by atomic mass is 16.5. The molecule has 0 aromatic carbocycles. The zero-order valence-electron chi connectivity index (χ0n) is 8.79. The molecule has 0 bridgehead atoms. The standard InChI is InChI=1S/C11H10N4O/c1-2-15-8-11(7-14-15)16-10-3-4-13-9(5-10)6-12/h3-5,7-8H,2H2,1H3. The van der Waals surface area contributed by atoms with E-state index in [0.29, 0.717) is 17.2 Å². The van der Waals surface area contributed by atoms with Crippen LogP contribution in [-0.4, -0.2) is 14.8 Å². The van der Waals surface area contributed by atoms with Gasteiger partial charge in [-0.15, -0.1) is 0 Å². The first-order valence-electron chi connectivity index (χ1n) is 4.88. The molecule has 0 radical (unpaired) electrons. The maximum Gasteiger partial charge on any atom is 0.165 e. The molecule has 0 atom stereocenters. The second kappa shape index (κ2) is 4.45. The zero-order valence-corrected chi connectivity index (χ0v) is 8.79. The van der Waals surface area contributed by atoms with Crippen LogP contribution in [0, 0.1) is 11.3 Å². The smallest absolute Gasteiger partial charge is 0.165 e. The van der Waals surface area contributed by atoms with Crippen molar-refractivity contribution in [3.8, 4) is 17.6 Å². The van der Waals surface area contributed by atoms with Gasteiger partial charge in [0.1, 0.15) is 17.5 Å². The fourth-order valence-electron chi connectivity index (χ4n) is 1.24. The lowest BCUT2D eigenvalue weighted by Crippen LogP contribution is -1.92. The summed E-state index contributed by atoms with van der Waals surface area (Å²) < 4.78 is 7.29. The van der Waals surface area contributed by atoms with Gasteiger partial charge in [0.15, 0.2) is 5.75 Å². The van der Waals surface area contributed by atoms with Crippen LogP contribution in [0.2, 0.25) is 0 Å². The van der Waals surface area contributed by atoms with Gasteiger partial charge in [-0.1, -0.05) is 0 Å². The summed E-state index contributed by atoms with van der Waals surface area (Å²) in [4.78, 5) is 3.86. The number of rotatable bonds is 3. The molecule has 0 aliphatic carbocycles. The fourth-order valence-corrected chi connectivity index (χ4v) is 1.24. The largest absolute Gasteiger partial charge is 0.454 e. The predicted octanol–water partition coefficient (Wildman–Crippen LogP) is 1.96. The summed E-state index contributed by atoms with van der Waals surface area (Å²) in [5.41, 5.74) is 0.334. The van der Waals surface area contributed by atoms with E-state index in [1.807, 2.05) is 13.0 Å². The lowest BCUT2D eigenvalue weighted by atomic mass is 10.3. The highest BCUT2D eigenvalue weighted by Gasteiger charge is 2.01. The van der Waals surface area contributed by atoms with Crippen LogP contribution < -0.4 is 4.74 Å². The third-order valence-corrected chi connectivity index (χ3v) is 2.02. The molecule has 2 aromatic rings. The van der Waals surface area contributed by atoms with E-state index in [4.69, 9.17) is 10.00 Å². The number of hydrogen-bond donors (Lipinski definition) is 0. The first-order valence-corrected chi connectivity index (χ1v) is 4.88. The quantitative estimate of drug-likeness (QED) is 0.783. The maximum absolute atomic E-state index is 8.69. The van der Waals surface area contributed by atoms with Gasteiger partial charge in [-0.05, 0) is 13.0 Å². The van der Waals surface area contributed by atoms with E-state index in [1.54, 1.807) is 29.2 Å².